The third kappa shape index (κ3) is 2.80. The summed E-state index contributed by atoms with van der Waals surface area (Å²) in [4.78, 5) is 12.1. The maximum atomic E-state index is 12.1. The zero-order chi connectivity index (χ0) is 12.5. The molecule has 0 aromatic rings. The lowest BCUT2D eigenvalue weighted by molar-refractivity contribution is -0.122. The van der Waals surface area contributed by atoms with E-state index in [0.29, 0.717) is 19.4 Å². The van der Waals surface area contributed by atoms with Crippen LogP contribution in [0.3, 0.4) is 0 Å². The molecule has 98 valence electrons. The summed E-state index contributed by atoms with van der Waals surface area (Å²) in [6, 6.07) is 0. The Morgan fingerprint density at radius 2 is 2.18 bits per heavy atom. The first-order valence-electron chi connectivity index (χ1n) is 6.17. The first-order chi connectivity index (χ1) is 7.93. The molecular formula is C11H20N2O3S. The van der Waals surface area contributed by atoms with Gasteiger partial charge in [0.2, 0.25) is 5.91 Å². The highest BCUT2D eigenvalue weighted by molar-refractivity contribution is 7.92. The van der Waals surface area contributed by atoms with Gasteiger partial charge in [-0.25, -0.2) is 8.42 Å². The Balaban J connectivity index is 2.04. The van der Waals surface area contributed by atoms with Gasteiger partial charge in [0.25, 0.3) is 0 Å². The predicted octanol–water partition coefficient (Wildman–Crippen LogP) is -0.178. The fourth-order valence-corrected chi connectivity index (χ4v) is 4.35. The molecule has 0 aliphatic carbocycles. The molecule has 2 aliphatic heterocycles. The second-order valence-corrected chi connectivity index (χ2v) is 7.63. The van der Waals surface area contributed by atoms with Gasteiger partial charge >= 0.3 is 0 Å². The number of amides is 1. The highest BCUT2D eigenvalue weighted by Gasteiger charge is 2.38. The fraction of sp³-hybridized carbons (Fsp3) is 0.909. The second kappa shape index (κ2) is 4.57. The molecule has 2 saturated heterocycles. The summed E-state index contributed by atoms with van der Waals surface area (Å²) < 4.78 is 23.6. The van der Waals surface area contributed by atoms with Gasteiger partial charge in [0.05, 0.1) is 11.3 Å². The van der Waals surface area contributed by atoms with Crippen LogP contribution >= 0.6 is 0 Å². The average molecular weight is 260 g/mol. The summed E-state index contributed by atoms with van der Waals surface area (Å²) in [5, 5.41) is 5.25. The minimum absolute atomic E-state index is 0.153. The van der Waals surface area contributed by atoms with E-state index in [9.17, 15) is 13.2 Å². The van der Waals surface area contributed by atoms with Crippen molar-refractivity contribution in [1.29, 1.82) is 0 Å². The molecule has 0 aromatic heterocycles. The standard InChI is InChI=1S/C11H20N2O3S/c1-11(5-6-12-8-11)13-10(14)9-4-2-3-7-17(9,15)16/h9,12H,2-8H2,1H3,(H,13,14). The molecule has 2 N–H and O–H groups in total. The molecule has 6 heteroatoms. The minimum atomic E-state index is -3.22. The summed E-state index contributed by atoms with van der Waals surface area (Å²) in [6.45, 7) is 3.54. The van der Waals surface area contributed by atoms with E-state index in [1.165, 1.54) is 0 Å². The van der Waals surface area contributed by atoms with Gasteiger partial charge in [-0.2, -0.15) is 0 Å². The molecule has 0 bridgehead atoms. The maximum Gasteiger partial charge on any atom is 0.238 e. The molecule has 0 spiro atoms. The summed E-state index contributed by atoms with van der Waals surface area (Å²) in [5.74, 6) is -0.157. The van der Waals surface area contributed by atoms with Crippen molar-refractivity contribution in [2.45, 2.75) is 43.4 Å². The van der Waals surface area contributed by atoms with Crippen molar-refractivity contribution in [2.75, 3.05) is 18.8 Å². The van der Waals surface area contributed by atoms with Gasteiger partial charge in [0.1, 0.15) is 5.25 Å². The number of carbonyl (C=O) groups excluding carboxylic acids is 1. The van der Waals surface area contributed by atoms with E-state index in [-0.39, 0.29) is 17.2 Å². The van der Waals surface area contributed by atoms with E-state index in [4.69, 9.17) is 0 Å². The van der Waals surface area contributed by atoms with Crippen molar-refractivity contribution in [3.05, 3.63) is 0 Å². The van der Waals surface area contributed by atoms with Crippen LogP contribution in [-0.2, 0) is 14.6 Å². The van der Waals surface area contributed by atoms with Crippen molar-refractivity contribution in [1.82, 2.24) is 10.6 Å². The number of carbonyl (C=O) groups is 1. The topological polar surface area (TPSA) is 75.3 Å². The van der Waals surface area contributed by atoms with Crippen molar-refractivity contribution in [3.8, 4) is 0 Å². The molecular weight excluding hydrogens is 240 g/mol. The molecule has 2 unspecified atom stereocenters. The first kappa shape index (κ1) is 12.8. The number of hydrogen-bond donors (Lipinski definition) is 2. The molecule has 2 fully saturated rings. The quantitative estimate of drug-likeness (QED) is 0.722. The number of nitrogens with one attached hydrogen (secondary N) is 2. The smallest absolute Gasteiger partial charge is 0.238 e. The van der Waals surface area contributed by atoms with Crippen LogP contribution in [0.2, 0.25) is 0 Å². The largest absolute Gasteiger partial charge is 0.348 e. The van der Waals surface area contributed by atoms with Crippen LogP contribution in [0, 0.1) is 0 Å². The Labute approximate surface area is 102 Å². The van der Waals surface area contributed by atoms with Gasteiger partial charge < -0.3 is 10.6 Å². The lowest BCUT2D eigenvalue weighted by Crippen LogP contribution is -2.53. The van der Waals surface area contributed by atoms with E-state index in [1.54, 1.807) is 0 Å². The number of sulfone groups is 1. The molecule has 17 heavy (non-hydrogen) atoms. The third-order valence-corrected chi connectivity index (χ3v) is 5.84. The Bertz CT molecular complexity index is 399. The molecule has 1 amide bonds. The van der Waals surface area contributed by atoms with Crippen LogP contribution in [0.15, 0.2) is 0 Å². The number of hydrogen-bond acceptors (Lipinski definition) is 4. The maximum absolute atomic E-state index is 12.1. The van der Waals surface area contributed by atoms with E-state index in [0.717, 1.165) is 19.4 Å². The lowest BCUT2D eigenvalue weighted by atomic mass is 10.0. The lowest BCUT2D eigenvalue weighted by Gasteiger charge is -2.29. The molecule has 2 rings (SSSR count). The van der Waals surface area contributed by atoms with Crippen LogP contribution < -0.4 is 10.6 Å². The molecule has 5 nitrogen and oxygen atoms in total. The predicted molar refractivity (Wildman–Crippen MR) is 65.5 cm³/mol. The van der Waals surface area contributed by atoms with Crippen molar-refractivity contribution in [3.63, 3.8) is 0 Å². The Morgan fingerprint density at radius 1 is 1.41 bits per heavy atom. The molecule has 0 aromatic carbocycles. The summed E-state index contributed by atoms with van der Waals surface area (Å²) in [5.41, 5.74) is -0.288. The fourth-order valence-electron chi connectivity index (χ4n) is 2.55. The van der Waals surface area contributed by atoms with Crippen LogP contribution in [0.4, 0.5) is 0 Å². The first-order valence-corrected chi connectivity index (χ1v) is 7.89. The van der Waals surface area contributed by atoms with Crippen LogP contribution in [0.25, 0.3) is 0 Å². The Hall–Kier alpha value is -0.620. The van der Waals surface area contributed by atoms with Crippen molar-refractivity contribution in [2.24, 2.45) is 0 Å². The zero-order valence-corrected chi connectivity index (χ0v) is 11.0. The number of rotatable bonds is 2. The van der Waals surface area contributed by atoms with Gasteiger partial charge in [0.15, 0.2) is 9.84 Å². The van der Waals surface area contributed by atoms with E-state index in [2.05, 4.69) is 10.6 Å². The zero-order valence-electron chi connectivity index (χ0n) is 10.2. The van der Waals surface area contributed by atoms with Crippen molar-refractivity contribution >= 4 is 15.7 Å². The van der Waals surface area contributed by atoms with Gasteiger partial charge in [0, 0.05) is 6.54 Å². The summed E-state index contributed by atoms with van der Waals surface area (Å²) >= 11 is 0. The third-order valence-electron chi connectivity index (χ3n) is 3.66. The van der Waals surface area contributed by atoms with E-state index >= 15 is 0 Å². The minimum Gasteiger partial charge on any atom is -0.348 e. The molecule has 0 radical (unpaired) electrons. The van der Waals surface area contributed by atoms with Crippen LogP contribution in [-0.4, -0.2) is 44.0 Å². The van der Waals surface area contributed by atoms with Crippen LogP contribution in [0.1, 0.15) is 32.6 Å². The SMILES string of the molecule is CC1(NC(=O)C2CCCCS2(=O)=O)CCNC1. The monoisotopic (exact) mass is 260 g/mol. The second-order valence-electron chi connectivity index (χ2n) is 5.33. The highest BCUT2D eigenvalue weighted by atomic mass is 32.2. The van der Waals surface area contributed by atoms with Gasteiger partial charge in [-0.05, 0) is 32.7 Å². The van der Waals surface area contributed by atoms with Crippen LogP contribution in [0.5, 0.6) is 0 Å². The molecule has 2 heterocycles. The summed E-state index contributed by atoms with van der Waals surface area (Å²) in [7, 11) is -3.22. The van der Waals surface area contributed by atoms with Gasteiger partial charge in [-0.15, -0.1) is 0 Å². The molecule has 2 aliphatic rings. The average Bonchev–Trinajstić information content (AvgIpc) is 2.63. The van der Waals surface area contributed by atoms with Crippen molar-refractivity contribution < 1.29 is 13.2 Å². The molecule has 2 atom stereocenters. The Morgan fingerprint density at radius 3 is 2.76 bits per heavy atom. The van der Waals surface area contributed by atoms with Gasteiger partial charge in [-0.1, -0.05) is 6.42 Å². The Kier molecular flexibility index (Phi) is 3.45. The van der Waals surface area contributed by atoms with Gasteiger partial charge in [-0.3, -0.25) is 4.79 Å². The summed E-state index contributed by atoms with van der Waals surface area (Å²) in [6.07, 6.45) is 2.83. The normalized spacial score (nSPS) is 36.6. The molecule has 0 saturated carbocycles. The van der Waals surface area contributed by atoms with E-state index in [1.807, 2.05) is 6.92 Å². The highest BCUT2D eigenvalue weighted by Crippen LogP contribution is 2.21. The van der Waals surface area contributed by atoms with E-state index < -0.39 is 15.1 Å².